The first-order valence-electron chi connectivity index (χ1n) is 8.97. The Morgan fingerprint density at radius 1 is 1.00 bits per heavy atom. The number of nitrogens with two attached hydrogens (primary N) is 1. The van der Waals surface area contributed by atoms with Crippen LogP contribution >= 0.6 is 0 Å². The van der Waals surface area contributed by atoms with Gasteiger partial charge in [-0.3, -0.25) is 9.20 Å². The average molecular weight is 382 g/mol. The van der Waals surface area contributed by atoms with Gasteiger partial charge in [-0.15, -0.1) is 0 Å². The van der Waals surface area contributed by atoms with Crippen molar-refractivity contribution in [1.29, 1.82) is 0 Å². The van der Waals surface area contributed by atoms with Gasteiger partial charge in [-0.05, 0) is 30.5 Å². The molecule has 2 aromatic carbocycles. The monoisotopic (exact) mass is 382 g/mol. The van der Waals surface area contributed by atoms with Gasteiger partial charge in [0.15, 0.2) is 0 Å². The third kappa shape index (κ3) is 4.19. The predicted molar refractivity (Wildman–Crippen MR) is 114 cm³/mol. The molecule has 0 atom stereocenters. The van der Waals surface area contributed by atoms with Crippen LogP contribution in [-0.2, 0) is 4.79 Å². The first kappa shape index (κ1) is 18.1. The Morgan fingerprint density at radius 2 is 1.72 bits per heavy atom. The van der Waals surface area contributed by atoms with Crippen molar-refractivity contribution < 1.29 is 4.79 Å². The van der Waals surface area contributed by atoms with Gasteiger partial charge < -0.3 is 11.1 Å². The highest BCUT2D eigenvalue weighted by molar-refractivity contribution is 6.47. The number of aromatic nitrogens is 3. The summed E-state index contributed by atoms with van der Waals surface area (Å²) in [6.07, 6.45) is 6.41. The number of hydrogen-bond acceptors (Lipinski definition) is 5. The molecule has 1 amide bonds. The molecule has 2 heterocycles. The molecule has 0 unspecified atom stereocenters. The molecule has 0 radical (unpaired) electrons. The van der Waals surface area contributed by atoms with E-state index in [1.165, 1.54) is 12.3 Å². The van der Waals surface area contributed by atoms with E-state index in [4.69, 9.17) is 5.73 Å². The molecule has 142 valence electrons. The third-order valence-electron chi connectivity index (χ3n) is 4.13. The van der Waals surface area contributed by atoms with Crippen LogP contribution in [0.3, 0.4) is 0 Å². The maximum atomic E-state index is 12.7. The molecule has 4 aromatic rings. The standard InChI is InChI=1S/C22H18N6O/c23-13-11-18(24-17-9-5-2-6-10-17)21(29)26-20-12-14-28-15-19(25-22(28)27-20)16-7-3-1-4-8-16/h1-15H,23H2,(H,25,26,27,29). The van der Waals surface area contributed by atoms with Crippen LogP contribution in [0.4, 0.5) is 11.5 Å². The Balaban J connectivity index is 1.59. The second-order valence-corrected chi connectivity index (χ2v) is 6.16. The summed E-state index contributed by atoms with van der Waals surface area (Å²) in [4.78, 5) is 26.0. The first-order chi connectivity index (χ1) is 14.2. The van der Waals surface area contributed by atoms with E-state index in [-0.39, 0.29) is 5.71 Å². The average Bonchev–Trinajstić information content (AvgIpc) is 3.18. The van der Waals surface area contributed by atoms with Gasteiger partial charge in [0.2, 0.25) is 5.78 Å². The van der Waals surface area contributed by atoms with Gasteiger partial charge in [-0.25, -0.2) is 9.98 Å². The van der Waals surface area contributed by atoms with E-state index in [1.54, 1.807) is 28.8 Å². The van der Waals surface area contributed by atoms with Crippen LogP contribution < -0.4 is 11.1 Å². The van der Waals surface area contributed by atoms with Gasteiger partial charge >= 0.3 is 0 Å². The number of nitrogens with zero attached hydrogens (tertiary/aromatic N) is 4. The summed E-state index contributed by atoms with van der Waals surface area (Å²) in [5.74, 6) is 0.443. The van der Waals surface area contributed by atoms with Crippen molar-refractivity contribution in [2.45, 2.75) is 0 Å². The summed E-state index contributed by atoms with van der Waals surface area (Å²) in [6, 6.07) is 20.7. The number of para-hydroxylation sites is 1. The first-order valence-corrected chi connectivity index (χ1v) is 8.97. The van der Waals surface area contributed by atoms with Crippen molar-refractivity contribution in [1.82, 2.24) is 14.4 Å². The number of rotatable bonds is 5. The molecule has 7 nitrogen and oxygen atoms in total. The number of anilines is 1. The van der Waals surface area contributed by atoms with E-state index < -0.39 is 5.91 Å². The Morgan fingerprint density at radius 3 is 2.45 bits per heavy atom. The fourth-order valence-electron chi connectivity index (χ4n) is 2.77. The van der Waals surface area contributed by atoms with Crippen molar-refractivity contribution in [3.63, 3.8) is 0 Å². The van der Waals surface area contributed by atoms with Crippen molar-refractivity contribution in [2.24, 2.45) is 10.7 Å². The van der Waals surface area contributed by atoms with E-state index in [9.17, 15) is 4.79 Å². The predicted octanol–water partition coefficient (Wildman–Crippen LogP) is 3.58. The Bertz CT molecular complexity index is 1200. The number of imidazole rings is 1. The summed E-state index contributed by atoms with van der Waals surface area (Å²) < 4.78 is 1.80. The number of nitrogens with one attached hydrogen (secondary N) is 1. The Hall–Kier alpha value is -4.26. The number of carbonyl (C=O) groups excluding carboxylic acids is 1. The molecular formula is C22H18N6O. The minimum Gasteiger partial charge on any atom is -0.405 e. The molecule has 0 fully saturated rings. The maximum Gasteiger partial charge on any atom is 0.275 e. The molecule has 0 bridgehead atoms. The lowest BCUT2D eigenvalue weighted by atomic mass is 10.2. The van der Waals surface area contributed by atoms with Gasteiger partial charge in [0.25, 0.3) is 5.91 Å². The van der Waals surface area contributed by atoms with Crippen molar-refractivity contribution in [3.8, 4) is 11.3 Å². The van der Waals surface area contributed by atoms with E-state index in [0.717, 1.165) is 11.3 Å². The lowest BCUT2D eigenvalue weighted by Crippen LogP contribution is -2.22. The zero-order valence-electron chi connectivity index (χ0n) is 15.4. The second kappa shape index (κ2) is 8.18. The van der Waals surface area contributed by atoms with Gasteiger partial charge in [-0.2, -0.15) is 4.98 Å². The number of aliphatic imine (C=N–C) groups is 1. The molecule has 0 spiro atoms. The van der Waals surface area contributed by atoms with E-state index in [2.05, 4.69) is 20.3 Å². The van der Waals surface area contributed by atoms with Crippen molar-refractivity contribution >= 4 is 28.9 Å². The SMILES string of the molecule is NC=CC(=Nc1ccccc1)C(=O)Nc1ccn2cc(-c3ccccc3)nc2n1. The highest BCUT2D eigenvalue weighted by atomic mass is 16.1. The van der Waals surface area contributed by atoms with Crippen LogP contribution in [0.1, 0.15) is 0 Å². The zero-order chi connectivity index (χ0) is 20.1. The second-order valence-electron chi connectivity index (χ2n) is 6.16. The zero-order valence-corrected chi connectivity index (χ0v) is 15.4. The molecule has 7 heteroatoms. The summed E-state index contributed by atoms with van der Waals surface area (Å²) in [6.45, 7) is 0. The van der Waals surface area contributed by atoms with Gasteiger partial charge in [0.05, 0.1) is 11.4 Å². The molecule has 0 aliphatic rings. The number of amides is 1. The highest BCUT2D eigenvalue weighted by Gasteiger charge is 2.12. The molecule has 4 rings (SSSR count). The smallest absolute Gasteiger partial charge is 0.275 e. The summed E-state index contributed by atoms with van der Waals surface area (Å²) in [5.41, 5.74) is 8.10. The third-order valence-corrected chi connectivity index (χ3v) is 4.13. The lowest BCUT2D eigenvalue weighted by molar-refractivity contribution is -0.110. The molecular weight excluding hydrogens is 364 g/mol. The van der Waals surface area contributed by atoms with Gasteiger partial charge in [0.1, 0.15) is 11.5 Å². The van der Waals surface area contributed by atoms with Crippen molar-refractivity contribution in [2.75, 3.05) is 5.32 Å². The van der Waals surface area contributed by atoms with Crippen LogP contribution in [0.25, 0.3) is 17.0 Å². The van der Waals surface area contributed by atoms with Crippen LogP contribution in [0.2, 0.25) is 0 Å². The van der Waals surface area contributed by atoms with Crippen LogP contribution in [-0.4, -0.2) is 26.0 Å². The number of hydrogen-bond donors (Lipinski definition) is 2. The molecule has 3 N–H and O–H groups in total. The van der Waals surface area contributed by atoms with E-state index >= 15 is 0 Å². The molecule has 2 aromatic heterocycles. The number of carbonyl (C=O) groups is 1. The molecule has 0 aliphatic heterocycles. The van der Waals surface area contributed by atoms with E-state index in [0.29, 0.717) is 17.3 Å². The number of benzene rings is 2. The maximum absolute atomic E-state index is 12.7. The summed E-state index contributed by atoms with van der Waals surface area (Å²) >= 11 is 0. The largest absolute Gasteiger partial charge is 0.405 e. The summed E-state index contributed by atoms with van der Waals surface area (Å²) in [5, 5.41) is 2.75. The summed E-state index contributed by atoms with van der Waals surface area (Å²) in [7, 11) is 0. The lowest BCUT2D eigenvalue weighted by Gasteiger charge is -2.05. The number of fused-ring (bicyclic) bond motifs is 1. The molecule has 0 saturated heterocycles. The Kier molecular flexibility index (Phi) is 5.11. The quantitative estimate of drug-likeness (QED) is 0.516. The molecule has 29 heavy (non-hydrogen) atoms. The van der Waals surface area contributed by atoms with Gasteiger partial charge in [-0.1, -0.05) is 48.5 Å². The molecule has 0 saturated carbocycles. The highest BCUT2D eigenvalue weighted by Crippen LogP contribution is 2.19. The fourth-order valence-corrected chi connectivity index (χ4v) is 2.77. The minimum absolute atomic E-state index is 0.175. The molecule has 0 aliphatic carbocycles. The van der Waals surface area contributed by atoms with Crippen molar-refractivity contribution in [3.05, 3.63) is 91.4 Å². The van der Waals surface area contributed by atoms with E-state index in [1.807, 2.05) is 54.7 Å². The Labute approximate surface area is 167 Å². The fraction of sp³-hybridized carbons (Fsp3) is 0. The van der Waals surface area contributed by atoms with Crippen LogP contribution in [0, 0.1) is 0 Å². The topological polar surface area (TPSA) is 97.7 Å². The minimum atomic E-state index is -0.415. The van der Waals surface area contributed by atoms with Gasteiger partial charge in [0, 0.05) is 18.0 Å². The van der Waals surface area contributed by atoms with Crippen LogP contribution in [0.15, 0.2) is 96.4 Å². The van der Waals surface area contributed by atoms with Crippen LogP contribution in [0.5, 0.6) is 0 Å². The normalized spacial score (nSPS) is 11.8.